The summed E-state index contributed by atoms with van der Waals surface area (Å²) in [6, 6.07) is 0. The molecule has 98 valence electrons. The number of nitrogens with one attached hydrogen (secondary N) is 1. The van der Waals surface area contributed by atoms with Crippen molar-refractivity contribution in [2.24, 2.45) is 23.2 Å². The van der Waals surface area contributed by atoms with Crippen molar-refractivity contribution in [3.05, 3.63) is 0 Å². The van der Waals surface area contributed by atoms with Gasteiger partial charge in [-0.25, -0.2) is 0 Å². The Labute approximate surface area is 105 Å². The van der Waals surface area contributed by atoms with Crippen molar-refractivity contribution in [2.45, 2.75) is 34.1 Å². The van der Waals surface area contributed by atoms with E-state index in [4.69, 9.17) is 0 Å². The van der Waals surface area contributed by atoms with Crippen LogP contribution in [-0.4, -0.2) is 37.0 Å². The molecule has 2 fully saturated rings. The fourth-order valence-corrected chi connectivity index (χ4v) is 2.76. The molecule has 2 aliphatic heterocycles. The van der Waals surface area contributed by atoms with Crippen molar-refractivity contribution in [2.75, 3.05) is 26.2 Å². The molecule has 0 bridgehead atoms. The lowest BCUT2D eigenvalue weighted by Crippen LogP contribution is -2.34. The van der Waals surface area contributed by atoms with Crippen LogP contribution in [0.5, 0.6) is 0 Å². The molecule has 2 saturated heterocycles. The van der Waals surface area contributed by atoms with E-state index in [1.165, 1.54) is 0 Å². The molecule has 2 rings (SSSR count). The highest BCUT2D eigenvalue weighted by Gasteiger charge is 2.38. The number of hydrogen-bond donors (Lipinski definition) is 1. The van der Waals surface area contributed by atoms with Crippen LogP contribution in [0.15, 0.2) is 0 Å². The molecule has 1 N–H and O–H groups in total. The molecular formula is C14H26N2O. The molecule has 3 atom stereocenters. The SMILES string of the molecule is CC(CC(=O)N1C[C@H]2CNC[C@H]2C1)C(C)(C)C. The monoisotopic (exact) mass is 238 g/mol. The van der Waals surface area contributed by atoms with Gasteiger partial charge in [-0.3, -0.25) is 4.79 Å². The topological polar surface area (TPSA) is 32.3 Å². The largest absolute Gasteiger partial charge is 0.342 e. The van der Waals surface area contributed by atoms with Crippen molar-refractivity contribution >= 4 is 5.91 Å². The Balaban J connectivity index is 1.85. The summed E-state index contributed by atoms with van der Waals surface area (Å²) < 4.78 is 0. The van der Waals surface area contributed by atoms with E-state index in [0.717, 1.165) is 26.2 Å². The normalized spacial score (nSPS) is 30.5. The predicted molar refractivity (Wildman–Crippen MR) is 69.7 cm³/mol. The molecule has 1 unspecified atom stereocenters. The van der Waals surface area contributed by atoms with Crippen molar-refractivity contribution in [1.82, 2.24) is 10.2 Å². The van der Waals surface area contributed by atoms with E-state index in [0.29, 0.717) is 30.1 Å². The third kappa shape index (κ3) is 2.82. The molecule has 0 spiro atoms. The van der Waals surface area contributed by atoms with Crippen molar-refractivity contribution in [3.8, 4) is 0 Å². The second-order valence-electron chi connectivity index (χ2n) is 6.95. The Morgan fingerprint density at radius 1 is 1.29 bits per heavy atom. The molecule has 0 aromatic heterocycles. The molecule has 2 aliphatic rings. The summed E-state index contributed by atoms with van der Waals surface area (Å²) in [5.74, 6) is 2.24. The summed E-state index contributed by atoms with van der Waals surface area (Å²) in [5.41, 5.74) is 0.229. The van der Waals surface area contributed by atoms with Gasteiger partial charge in [0.1, 0.15) is 0 Å². The van der Waals surface area contributed by atoms with Gasteiger partial charge in [-0.2, -0.15) is 0 Å². The Morgan fingerprint density at radius 2 is 1.82 bits per heavy atom. The van der Waals surface area contributed by atoms with Gasteiger partial charge in [-0.15, -0.1) is 0 Å². The first-order chi connectivity index (χ1) is 7.88. The van der Waals surface area contributed by atoms with Gasteiger partial charge in [-0.05, 0) is 23.2 Å². The van der Waals surface area contributed by atoms with E-state index in [9.17, 15) is 4.79 Å². The average molecular weight is 238 g/mol. The average Bonchev–Trinajstić information content (AvgIpc) is 2.74. The quantitative estimate of drug-likeness (QED) is 0.794. The summed E-state index contributed by atoms with van der Waals surface area (Å²) in [7, 11) is 0. The highest BCUT2D eigenvalue weighted by molar-refractivity contribution is 5.76. The minimum Gasteiger partial charge on any atom is -0.342 e. The summed E-state index contributed by atoms with van der Waals surface area (Å²) in [6.45, 7) is 13.0. The number of carbonyl (C=O) groups excluding carboxylic acids is 1. The number of fused-ring (bicyclic) bond motifs is 1. The number of nitrogens with zero attached hydrogens (tertiary/aromatic N) is 1. The molecule has 0 aromatic rings. The Bertz CT molecular complexity index is 283. The first-order valence-electron chi connectivity index (χ1n) is 6.86. The molecule has 3 heteroatoms. The van der Waals surface area contributed by atoms with E-state index >= 15 is 0 Å². The van der Waals surface area contributed by atoms with E-state index in [-0.39, 0.29) is 5.41 Å². The van der Waals surface area contributed by atoms with Crippen LogP contribution < -0.4 is 5.32 Å². The van der Waals surface area contributed by atoms with Gasteiger partial charge in [-0.1, -0.05) is 27.7 Å². The molecule has 1 amide bonds. The highest BCUT2D eigenvalue weighted by Crippen LogP contribution is 2.31. The summed E-state index contributed by atoms with van der Waals surface area (Å²) in [6.07, 6.45) is 0.705. The number of hydrogen-bond acceptors (Lipinski definition) is 2. The van der Waals surface area contributed by atoms with Crippen LogP contribution in [0.25, 0.3) is 0 Å². The van der Waals surface area contributed by atoms with Crippen LogP contribution in [0.4, 0.5) is 0 Å². The lowest BCUT2D eigenvalue weighted by molar-refractivity contribution is -0.132. The Hall–Kier alpha value is -0.570. The molecule has 0 aromatic carbocycles. The van der Waals surface area contributed by atoms with Gasteiger partial charge in [0.25, 0.3) is 0 Å². The van der Waals surface area contributed by atoms with Gasteiger partial charge in [0.15, 0.2) is 0 Å². The van der Waals surface area contributed by atoms with E-state index in [1.807, 2.05) is 0 Å². The predicted octanol–water partition coefficient (Wildman–Crippen LogP) is 1.74. The molecule has 2 heterocycles. The Morgan fingerprint density at radius 3 is 2.29 bits per heavy atom. The first kappa shape index (κ1) is 12.9. The third-order valence-electron chi connectivity index (χ3n) is 4.70. The second-order valence-corrected chi connectivity index (χ2v) is 6.95. The second kappa shape index (κ2) is 4.60. The van der Waals surface area contributed by atoms with Crippen LogP contribution >= 0.6 is 0 Å². The molecule has 17 heavy (non-hydrogen) atoms. The fraction of sp³-hybridized carbons (Fsp3) is 0.929. The lowest BCUT2D eigenvalue weighted by atomic mass is 9.80. The Kier molecular flexibility index (Phi) is 3.48. The molecule has 0 saturated carbocycles. The number of rotatable bonds is 2. The van der Waals surface area contributed by atoms with E-state index in [2.05, 4.69) is 37.9 Å². The summed E-state index contributed by atoms with van der Waals surface area (Å²) >= 11 is 0. The van der Waals surface area contributed by atoms with Crippen molar-refractivity contribution in [3.63, 3.8) is 0 Å². The van der Waals surface area contributed by atoms with Crippen molar-refractivity contribution < 1.29 is 4.79 Å². The van der Waals surface area contributed by atoms with Crippen molar-refractivity contribution in [1.29, 1.82) is 0 Å². The fourth-order valence-electron chi connectivity index (χ4n) is 2.76. The zero-order valence-electron chi connectivity index (χ0n) is 11.6. The third-order valence-corrected chi connectivity index (χ3v) is 4.70. The maximum atomic E-state index is 12.2. The maximum absolute atomic E-state index is 12.2. The first-order valence-corrected chi connectivity index (χ1v) is 6.86. The zero-order valence-corrected chi connectivity index (χ0v) is 11.6. The highest BCUT2D eigenvalue weighted by atomic mass is 16.2. The number of likely N-dealkylation sites (tertiary alicyclic amines) is 1. The van der Waals surface area contributed by atoms with Crippen LogP contribution in [0.1, 0.15) is 34.1 Å². The van der Waals surface area contributed by atoms with Crippen LogP contribution in [0.2, 0.25) is 0 Å². The molecule has 3 nitrogen and oxygen atoms in total. The van der Waals surface area contributed by atoms with Crippen LogP contribution in [-0.2, 0) is 4.79 Å². The van der Waals surface area contributed by atoms with Crippen LogP contribution in [0, 0.1) is 23.2 Å². The molecule has 0 aliphatic carbocycles. The van der Waals surface area contributed by atoms with Gasteiger partial charge in [0, 0.05) is 32.6 Å². The summed E-state index contributed by atoms with van der Waals surface area (Å²) in [5, 5.41) is 3.41. The zero-order chi connectivity index (χ0) is 12.6. The summed E-state index contributed by atoms with van der Waals surface area (Å²) in [4.78, 5) is 14.3. The minimum atomic E-state index is 0.229. The van der Waals surface area contributed by atoms with Gasteiger partial charge in [0.05, 0.1) is 0 Å². The maximum Gasteiger partial charge on any atom is 0.222 e. The van der Waals surface area contributed by atoms with Gasteiger partial charge in [0.2, 0.25) is 5.91 Å². The number of carbonyl (C=O) groups is 1. The van der Waals surface area contributed by atoms with E-state index < -0.39 is 0 Å². The smallest absolute Gasteiger partial charge is 0.222 e. The lowest BCUT2D eigenvalue weighted by Gasteiger charge is -2.28. The minimum absolute atomic E-state index is 0.229. The standard InChI is InChI=1S/C14H26N2O/c1-10(14(2,3)4)5-13(17)16-8-11-6-15-7-12(11)9-16/h10-12,15H,5-9H2,1-4H3/t10?,11-,12+. The van der Waals surface area contributed by atoms with Gasteiger partial charge >= 0.3 is 0 Å². The van der Waals surface area contributed by atoms with Crippen LogP contribution in [0.3, 0.4) is 0 Å². The number of amides is 1. The molecule has 0 radical (unpaired) electrons. The molecular weight excluding hydrogens is 212 g/mol. The van der Waals surface area contributed by atoms with Gasteiger partial charge < -0.3 is 10.2 Å². The van der Waals surface area contributed by atoms with E-state index in [1.54, 1.807) is 0 Å².